The lowest BCUT2D eigenvalue weighted by Gasteiger charge is -2.31. The molecule has 0 radical (unpaired) electrons. The van der Waals surface area contributed by atoms with Gasteiger partial charge in [-0.2, -0.15) is 4.73 Å². The van der Waals surface area contributed by atoms with Gasteiger partial charge in [-0.05, 0) is 49.3 Å². The van der Waals surface area contributed by atoms with Crippen molar-refractivity contribution in [2.24, 2.45) is 10.8 Å². The maximum absolute atomic E-state index is 12.8. The van der Waals surface area contributed by atoms with Crippen LogP contribution in [0.5, 0.6) is 0 Å². The number of pyridine rings is 1. The van der Waals surface area contributed by atoms with E-state index in [4.69, 9.17) is 14.8 Å². The van der Waals surface area contributed by atoms with Crippen LogP contribution in [0.4, 0.5) is 11.5 Å². The summed E-state index contributed by atoms with van der Waals surface area (Å²) >= 11 is 0. The smallest absolute Gasteiger partial charge is 0.225 e. The molecule has 0 unspecified atom stereocenters. The number of rotatable bonds is 13. The Morgan fingerprint density at radius 2 is 1.60 bits per heavy atom. The van der Waals surface area contributed by atoms with Crippen LogP contribution in [-0.4, -0.2) is 33.8 Å². The lowest BCUT2D eigenvalue weighted by atomic mass is 9.76. The molecule has 2 aromatic carbocycles. The molecule has 2 heterocycles. The predicted octanol–water partition coefficient (Wildman–Crippen LogP) is 8.48. The van der Waals surface area contributed by atoms with Crippen molar-refractivity contribution in [1.82, 2.24) is 20.0 Å². The van der Waals surface area contributed by atoms with E-state index in [-0.39, 0.29) is 16.7 Å². The Hall–Kier alpha value is -3.61. The number of carbonyl (C=O) groups excluding carboxylic acids is 1. The van der Waals surface area contributed by atoms with E-state index in [2.05, 4.69) is 44.4 Å². The first-order valence-electron chi connectivity index (χ1n) is 15.6. The van der Waals surface area contributed by atoms with Crippen molar-refractivity contribution >= 4 is 39.3 Å². The maximum atomic E-state index is 12.8. The third-order valence-corrected chi connectivity index (χ3v) is 6.97. The molecule has 0 spiro atoms. The second-order valence-corrected chi connectivity index (χ2v) is 12.5. The summed E-state index contributed by atoms with van der Waals surface area (Å²) in [5.41, 5.74) is 3.31. The summed E-state index contributed by atoms with van der Waals surface area (Å²) in [5, 5.41) is 7.62. The van der Waals surface area contributed by atoms with Gasteiger partial charge >= 0.3 is 0 Å². The highest BCUT2D eigenvalue weighted by atomic mass is 16.7. The molecule has 42 heavy (non-hydrogen) atoms. The molecule has 4 rings (SSSR count). The molecule has 0 fully saturated rings. The Morgan fingerprint density at radius 1 is 0.905 bits per heavy atom. The number of carbonyl (C=O) groups is 1. The lowest BCUT2D eigenvalue weighted by molar-refractivity contribution is -0.130. The minimum absolute atomic E-state index is 0.105. The summed E-state index contributed by atoms with van der Waals surface area (Å²) in [6.07, 6.45) is 5.43. The standard InChI is InChI=1S/C33H45N5O2.C2H6/c1-7-8-20-27-37-28-29(25-18-12-13-19-26(25)36-30(28)35-24-16-10-9-11-17-24)38(27)40-22-15-14-21-34-31(39)33(5,6)23-32(2,3)4;1-2/h9-13,16-19H,7-8,14-15,20-23H2,1-6H3,(H,34,39)(H,35,36);1-2H3. The Labute approximate surface area is 252 Å². The second-order valence-electron chi connectivity index (χ2n) is 12.5. The van der Waals surface area contributed by atoms with Gasteiger partial charge in [-0.1, -0.05) is 98.2 Å². The first-order chi connectivity index (χ1) is 20.1. The minimum Gasteiger partial charge on any atom is -0.412 e. The van der Waals surface area contributed by atoms with Crippen molar-refractivity contribution in [3.63, 3.8) is 0 Å². The van der Waals surface area contributed by atoms with E-state index in [1.807, 2.05) is 81.0 Å². The van der Waals surface area contributed by atoms with Gasteiger partial charge < -0.3 is 15.5 Å². The molecule has 228 valence electrons. The lowest BCUT2D eigenvalue weighted by Crippen LogP contribution is -2.39. The largest absolute Gasteiger partial charge is 0.412 e. The molecule has 0 saturated heterocycles. The molecular weight excluding hydrogens is 522 g/mol. The zero-order valence-corrected chi connectivity index (χ0v) is 27.0. The van der Waals surface area contributed by atoms with Crippen LogP contribution < -0.4 is 15.5 Å². The van der Waals surface area contributed by atoms with Crippen molar-refractivity contribution in [3.05, 3.63) is 60.4 Å². The number of unbranched alkanes of at least 4 members (excludes halogenated alkanes) is 2. The molecule has 0 aliphatic heterocycles. The van der Waals surface area contributed by atoms with Crippen LogP contribution in [0.3, 0.4) is 0 Å². The number of anilines is 2. The SMILES string of the molecule is CC.CCCCc1nc2c(Nc3ccccc3)nc3ccccc3c2n1OCCCCNC(=O)C(C)(C)CC(C)(C)C. The quantitative estimate of drug-likeness (QED) is 0.157. The molecule has 0 aliphatic rings. The van der Waals surface area contributed by atoms with Crippen LogP contribution in [0.25, 0.3) is 21.9 Å². The Bertz CT molecular complexity index is 1420. The number of aromatic nitrogens is 3. The fourth-order valence-corrected chi connectivity index (χ4v) is 5.41. The number of benzene rings is 2. The van der Waals surface area contributed by atoms with E-state index in [1.54, 1.807) is 0 Å². The van der Waals surface area contributed by atoms with Gasteiger partial charge in [0.25, 0.3) is 0 Å². The van der Waals surface area contributed by atoms with Gasteiger partial charge in [0.15, 0.2) is 5.82 Å². The summed E-state index contributed by atoms with van der Waals surface area (Å²) in [7, 11) is 0. The summed E-state index contributed by atoms with van der Waals surface area (Å²) in [5.74, 6) is 1.74. The number of imidazole rings is 1. The zero-order valence-electron chi connectivity index (χ0n) is 27.0. The van der Waals surface area contributed by atoms with Crippen LogP contribution in [0.15, 0.2) is 54.6 Å². The molecule has 2 N–H and O–H groups in total. The number of hydrogen-bond donors (Lipinski definition) is 2. The summed E-state index contributed by atoms with van der Waals surface area (Å²) in [6.45, 7) is 17.9. The predicted molar refractivity (Wildman–Crippen MR) is 176 cm³/mol. The number of para-hydroxylation sites is 2. The average molecular weight is 574 g/mol. The van der Waals surface area contributed by atoms with Crippen LogP contribution in [-0.2, 0) is 11.2 Å². The van der Waals surface area contributed by atoms with Crippen molar-refractivity contribution < 1.29 is 9.63 Å². The molecule has 0 saturated carbocycles. The monoisotopic (exact) mass is 573 g/mol. The molecule has 7 heteroatoms. The summed E-state index contributed by atoms with van der Waals surface area (Å²) < 4.78 is 1.93. The first kappa shape index (κ1) is 32.9. The Kier molecular flexibility index (Phi) is 11.8. The van der Waals surface area contributed by atoms with Crippen molar-refractivity contribution in [2.75, 3.05) is 18.5 Å². The van der Waals surface area contributed by atoms with Gasteiger partial charge in [0.1, 0.15) is 23.5 Å². The molecule has 4 aromatic rings. The van der Waals surface area contributed by atoms with E-state index in [9.17, 15) is 4.79 Å². The molecule has 0 aliphatic carbocycles. The van der Waals surface area contributed by atoms with Crippen LogP contribution in [0.2, 0.25) is 0 Å². The number of hydrogen-bond acceptors (Lipinski definition) is 5. The molecule has 7 nitrogen and oxygen atoms in total. The van der Waals surface area contributed by atoms with E-state index in [0.29, 0.717) is 13.2 Å². The van der Waals surface area contributed by atoms with Gasteiger partial charge in [-0.3, -0.25) is 4.79 Å². The van der Waals surface area contributed by atoms with Gasteiger partial charge in [-0.25, -0.2) is 9.97 Å². The molecule has 1 amide bonds. The number of fused-ring (bicyclic) bond motifs is 3. The molecule has 2 aromatic heterocycles. The van der Waals surface area contributed by atoms with E-state index in [1.165, 1.54) is 0 Å². The Balaban J connectivity index is 0.00000237. The highest BCUT2D eigenvalue weighted by Crippen LogP contribution is 2.33. The van der Waals surface area contributed by atoms with E-state index in [0.717, 1.165) is 77.8 Å². The van der Waals surface area contributed by atoms with Gasteiger partial charge in [0, 0.05) is 29.5 Å². The van der Waals surface area contributed by atoms with Crippen LogP contribution in [0.1, 0.15) is 93.3 Å². The van der Waals surface area contributed by atoms with Crippen LogP contribution >= 0.6 is 0 Å². The molecular formula is C35H51N5O2. The van der Waals surface area contributed by atoms with Crippen molar-refractivity contribution in [3.8, 4) is 0 Å². The maximum Gasteiger partial charge on any atom is 0.225 e. The Morgan fingerprint density at radius 3 is 2.29 bits per heavy atom. The fraction of sp³-hybridized carbons (Fsp3) is 0.514. The highest BCUT2D eigenvalue weighted by Gasteiger charge is 2.32. The second kappa shape index (κ2) is 15.0. The number of amides is 1. The summed E-state index contributed by atoms with van der Waals surface area (Å²) in [4.78, 5) is 29.2. The van der Waals surface area contributed by atoms with Crippen molar-refractivity contribution in [1.29, 1.82) is 0 Å². The van der Waals surface area contributed by atoms with Crippen molar-refractivity contribution in [2.45, 2.75) is 93.9 Å². The summed E-state index contributed by atoms with van der Waals surface area (Å²) in [6, 6.07) is 18.2. The number of nitrogens with zero attached hydrogens (tertiary/aromatic N) is 3. The minimum atomic E-state index is -0.390. The van der Waals surface area contributed by atoms with Gasteiger partial charge in [0.05, 0.1) is 5.52 Å². The first-order valence-corrected chi connectivity index (χ1v) is 15.6. The highest BCUT2D eigenvalue weighted by molar-refractivity contribution is 6.07. The van der Waals surface area contributed by atoms with Gasteiger partial charge in [0.2, 0.25) is 5.91 Å². The normalized spacial score (nSPS) is 11.7. The van der Waals surface area contributed by atoms with Crippen LogP contribution in [0, 0.1) is 10.8 Å². The molecule has 0 atom stereocenters. The fourth-order valence-electron chi connectivity index (χ4n) is 5.41. The molecule has 0 bridgehead atoms. The third kappa shape index (κ3) is 8.70. The number of nitrogens with one attached hydrogen (secondary N) is 2. The van der Waals surface area contributed by atoms with E-state index >= 15 is 0 Å². The van der Waals surface area contributed by atoms with Gasteiger partial charge in [-0.15, -0.1) is 0 Å². The topological polar surface area (TPSA) is 81.1 Å². The average Bonchev–Trinajstić information content (AvgIpc) is 3.33. The number of aryl methyl sites for hydroxylation is 1. The van der Waals surface area contributed by atoms with E-state index < -0.39 is 0 Å². The third-order valence-electron chi connectivity index (χ3n) is 6.97. The zero-order chi connectivity index (χ0) is 30.8.